The van der Waals surface area contributed by atoms with Gasteiger partial charge in [-0.15, -0.1) is 0 Å². The number of rotatable bonds is 19. The van der Waals surface area contributed by atoms with Crippen LogP contribution in [0.5, 0.6) is 0 Å². The van der Waals surface area contributed by atoms with Crippen LogP contribution in [0.15, 0.2) is 211 Å². The molecule has 0 saturated carbocycles. The summed E-state index contributed by atoms with van der Waals surface area (Å²) in [7, 11) is -3.39. The third-order valence-corrected chi connectivity index (χ3v) is 17.9. The molecule has 0 heterocycles. The average molecular weight is 769 g/mol. The molecule has 0 saturated heterocycles. The molecule has 0 aliphatic heterocycles. The molecule has 6 aromatic carbocycles. The zero-order chi connectivity index (χ0) is 38.2. The first kappa shape index (κ1) is 39.6. The van der Waals surface area contributed by atoms with Crippen LogP contribution in [0, 0.1) is 0 Å². The minimum atomic E-state index is -1.70. The number of hydrogen-bond acceptors (Lipinski definition) is 4. The summed E-state index contributed by atoms with van der Waals surface area (Å²) in [6.45, 7) is 4.24. The van der Waals surface area contributed by atoms with Crippen LogP contribution in [0.25, 0.3) is 0 Å². The van der Waals surface area contributed by atoms with E-state index in [1.807, 2.05) is 6.92 Å². The molecule has 0 unspecified atom stereocenters. The largest absolute Gasteiger partial charge is 0.466 e. The highest BCUT2D eigenvalue weighted by atomic mass is 32.3. The number of amides is 1. The van der Waals surface area contributed by atoms with E-state index in [9.17, 15) is 9.59 Å². The Balaban J connectivity index is 1.26. The first-order valence-electron chi connectivity index (χ1n) is 19.1. The molecule has 5 nitrogen and oxygen atoms in total. The van der Waals surface area contributed by atoms with Gasteiger partial charge in [0.25, 0.3) is 0 Å². The molecule has 0 aromatic heterocycles. The Hall–Kier alpha value is -5.08. The highest BCUT2D eigenvalue weighted by molar-refractivity contribution is 8.34. The minimum Gasteiger partial charge on any atom is -0.466 e. The Bertz CT molecular complexity index is 1840. The molecule has 6 rings (SSSR count). The van der Waals surface area contributed by atoms with Crippen molar-refractivity contribution in [1.29, 1.82) is 0 Å². The van der Waals surface area contributed by atoms with E-state index in [0.29, 0.717) is 39.1 Å². The van der Waals surface area contributed by atoms with Crippen molar-refractivity contribution in [2.24, 2.45) is 0 Å². The lowest BCUT2D eigenvalue weighted by atomic mass is 10.3. The van der Waals surface area contributed by atoms with Crippen LogP contribution in [-0.2, 0) is 14.3 Å². The zero-order valence-electron chi connectivity index (χ0n) is 31.7. The normalized spacial score (nSPS) is 12.2. The van der Waals surface area contributed by atoms with Gasteiger partial charge in [-0.25, -0.2) is 0 Å². The second kappa shape index (κ2) is 20.0. The van der Waals surface area contributed by atoms with Gasteiger partial charge in [0.05, 0.1) is 13.2 Å². The second-order valence-corrected chi connectivity index (χ2v) is 19.9. The maximum atomic E-state index is 14.1. The standard InChI is InChI=1S/C48H52N2O3S2/c1-2-53-48(52)34-21-36-50(37-39-55(44-28-15-6-16-29-44,45-30-17-7-18-31-45)46-32-19-8-20-33-46)40-47(51)49-35-38-54(41-22-9-3-10-23-41,42-24-11-4-12-25-42)43-26-13-5-14-27-43/h3-20,22-33H,2,21,34-40H2,1H3,(H,49,51). The lowest BCUT2D eigenvalue weighted by molar-refractivity contribution is -0.143. The molecule has 0 fully saturated rings. The van der Waals surface area contributed by atoms with Crippen LogP contribution in [0.2, 0.25) is 0 Å². The summed E-state index contributed by atoms with van der Waals surface area (Å²) in [5.74, 6) is 1.37. The average Bonchev–Trinajstić information content (AvgIpc) is 3.25. The maximum absolute atomic E-state index is 14.1. The van der Waals surface area contributed by atoms with E-state index in [1.54, 1.807) is 0 Å². The predicted octanol–water partition coefficient (Wildman–Crippen LogP) is 10.7. The van der Waals surface area contributed by atoms with Crippen LogP contribution >= 0.6 is 20.1 Å². The van der Waals surface area contributed by atoms with Crippen LogP contribution < -0.4 is 5.32 Å². The first-order valence-corrected chi connectivity index (χ1v) is 22.7. The molecule has 6 aromatic rings. The van der Waals surface area contributed by atoms with Crippen LogP contribution in [0.3, 0.4) is 0 Å². The number of benzene rings is 6. The number of hydrogen-bond donors (Lipinski definition) is 1. The Kier molecular flexibility index (Phi) is 14.4. The number of carbonyl (C=O) groups is 2. The third-order valence-electron chi connectivity index (χ3n) is 9.85. The van der Waals surface area contributed by atoms with E-state index < -0.39 is 20.1 Å². The highest BCUT2D eigenvalue weighted by Gasteiger charge is 2.33. The lowest BCUT2D eigenvalue weighted by Gasteiger charge is -2.43. The van der Waals surface area contributed by atoms with Crippen molar-refractivity contribution in [3.8, 4) is 0 Å². The SMILES string of the molecule is CCOC(=O)CCCN(CCS(c1ccccc1)(c1ccccc1)c1ccccc1)CC(=O)NCCS(c1ccccc1)(c1ccccc1)c1ccccc1. The van der Waals surface area contributed by atoms with Gasteiger partial charge in [0, 0.05) is 31.0 Å². The molecule has 0 bridgehead atoms. The summed E-state index contributed by atoms with van der Waals surface area (Å²) < 4.78 is 5.26. The van der Waals surface area contributed by atoms with Crippen LogP contribution in [-0.4, -0.2) is 61.1 Å². The van der Waals surface area contributed by atoms with E-state index in [0.717, 1.165) is 11.5 Å². The summed E-state index contributed by atoms with van der Waals surface area (Å²) >= 11 is 0. The van der Waals surface area contributed by atoms with Crippen molar-refractivity contribution in [3.05, 3.63) is 182 Å². The maximum Gasteiger partial charge on any atom is 0.305 e. The van der Waals surface area contributed by atoms with E-state index in [2.05, 4.69) is 192 Å². The molecule has 0 radical (unpaired) electrons. The smallest absolute Gasteiger partial charge is 0.305 e. The van der Waals surface area contributed by atoms with Crippen LogP contribution in [0.1, 0.15) is 19.8 Å². The number of carbonyl (C=O) groups excluding carboxylic acids is 2. The highest BCUT2D eigenvalue weighted by Crippen LogP contribution is 2.69. The molecule has 0 spiro atoms. The van der Waals surface area contributed by atoms with Crippen molar-refractivity contribution >= 4 is 31.9 Å². The molecule has 0 atom stereocenters. The Labute approximate surface area is 330 Å². The van der Waals surface area contributed by atoms with Crippen molar-refractivity contribution in [1.82, 2.24) is 10.2 Å². The molecular formula is C48H52N2O3S2. The van der Waals surface area contributed by atoms with Gasteiger partial charge in [0.2, 0.25) is 5.91 Å². The number of esters is 1. The topological polar surface area (TPSA) is 58.6 Å². The van der Waals surface area contributed by atoms with Gasteiger partial charge in [-0.1, -0.05) is 109 Å². The van der Waals surface area contributed by atoms with E-state index in [4.69, 9.17) is 4.74 Å². The third kappa shape index (κ3) is 9.78. The molecular weight excluding hydrogens is 717 g/mol. The Morgan fingerprint density at radius 3 is 1.20 bits per heavy atom. The van der Waals surface area contributed by atoms with Gasteiger partial charge in [0.15, 0.2) is 0 Å². The van der Waals surface area contributed by atoms with Crippen molar-refractivity contribution in [3.63, 3.8) is 0 Å². The molecule has 55 heavy (non-hydrogen) atoms. The Morgan fingerprint density at radius 1 is 0.509 bits per heavy atom. The fourth-order valence-electron chi connectivity index (χ4n) is 7.26. The number of ether oxygens (including phenoxy) is 1. The number of nitrogens with one attached hydrogen (secondary N) is 1. The quantitative estimate of drug-likeness (QED) is 0.0834. The Morgan fingerprint density at radius 2 is 0.855 bits per heavy atom. The lowest BCUT2D eigenvalue weighted by Crippen LogP contribution is -2.41. The van der Waals surface area contributed by atoms with Gasteiger partial charge in [-0.05, 0) is 122 Å². The molecule has 1 N–H and O–H groups in total. The van der Waals surface area contributed by atoms with Crippen molar-refractivity contribution < 1.29 is 14.3 Å². The summed E-state index contributed by atoms with van der Waals surface area (Å²) in [4.78, 5) is 36.3. The summed E-state index contributed by atoms with van der Waals surface area (Å²) in [5, 5.41) is 3.34. The van der Waals surface area contributed by atoms with Crippen molar-refractivity contribution in [2.45, 2.75) is 49.1 Å². The van der Waals surface area contributed by atoms with E-state index >= 15 is 0 Å². The van der Waals surface area contributed by atoms with Crippen LogP contribution in [0.4, 0.5) is 0 Å². The summed E-state index contributed by atoms with van der Waals surface area (Å²) in [6, 6.07) is 64.6. The van der Waals surface area contributed by atoms with Gasteiger partial charge in [0.1, 0.15) is 0 Å². The fraction of sp³-hybridized carbons (Fsp3) is 0.208. The molecule has 0 aliphatic rings. The molecule has 284 valence electrons. The fourth-order valence-corrected chi connectivity index (χ4v) is 15.0. The molecule has 0 aliphatic carbocycles. The monoisotopic (exact) mass is 768 g/mol. The van der Waals surface area contributed by atoms with E-state index in [1.165, 1.54) is 29.4 Å². The second-order valence-electron chi connectivity index (χ2n) is 13.3. The van der Waals surface area contributed by atoms with Gasteiger partial charge in [-0.3, -0.25) is 14.5 Å². The van der Waals surface area contributed by atoms with E-state index in [-0.39, 0.29) is 18.4 Å². The van der Waals surface area contributed by atoms with Gasteiger partial charge in [-0.2, -0.15) is 20.1 Å². The van der Waals surface area contributed by atoms with Gasteiger partial charge >= 0.3 is 5.97 Å². The summed E-state index contributed by atoms with van der Waals surface area (Å²) in [5.41, 5.74) is 0. The first-order chi connectivity index (χ1) is 27.1. The summed E-state index contributed by atoms with van der Waals surface area (Å²) in [6.07, 6.45) is 0.927. The van der Waals surface area contributed by atoms with Crippen molar-refractivity contribution in [2.75, 3.05) is 44.3 Å². The molecule has 7 heteroatoms. The van der Waals surface area contributed by atoms with Gasteiger partial charge < -0.3 is 10.1 Å². The minimum absolute atomic E-state index is 0.0154. The predicted molar refractivity (Wildman–Crippen MR) is 228 cm³/mol. The number of nitrogens with zero attached hydrogens (tertiary/aromatic N) is 1. The zero-order valence-corrected chi connectivity index (χ0v) is 33.3. The molecule has 1 amide bonds.